The molecule has 0 bridgehead atoms. The van der Waals surface area contributed by atoms with Gasteiger partial charge in [0, 0.05) is 23.5 Å². The molecule has 4 aromatic rings. The Hall–Kier alpha value is -3.92. The lowest BCUT2D eigenvalue weighted by molar-refractivity contribution is -0.137. The van der Waals surface area contributed by atoms with Gasteiger partial charge in [-0.3, -0.25) is 0 Å². The predicted molar refractivity (Wildman–Crippen MR) is 147 cm³/mol. The van der Waals surface area contributed by atoms with Crippen LogP contribution in [0.15, 0.2) is 89.3 Å². The van der Waals surface area contributed by atoms with Gasteiger partial charge in [-0.1, -0.05) is 68.1 Å². The Morgan fingerprint density at radius 3 is 2.42 bits per heavy atom. The Morgan fingerprint density at radius 1 is 0.974 bits per heavy atom. The monoisotopic (exact) mass is 534 g/mol. The third-order valence-electron chi connectivity index (χ3n) is 6.10. The molecular formula is C28H25F3N6S. The molecule has 10 heteroatoms. The molecule has 6 nitrogen and oxygen atoms in total. The van der Waals surface area contributed by atoms with Crippen molar-refractivity contribution in [3.8, 4) is 17.1 Å². The zero-order valence-corrected chi connectivity index (χ0v) is 21.6. The number of aromatic nitrogens is 3. The minimum atomic E-state index is -4.38. The van der Waals surface area contributed by atoms with Crippen LogP contribution in [-0.4, -0.2) is 38.4 Å². The highest BCUT2D eigenvalue weighted by atomic mass is 32.2. The minimum Gasteiger partial charge on any atom is -0.318 e. The molecule has 0 atom stereocenters. The van der Waals surface area contributed by atoms with E-state index in [4.69, 9.17) is 0 Å². The molecule has 1 aliphatic rings. The third kappa shape index (κ3) is 5.65. The first kappa shape index (κ1) is 25.7. The molecule has 0 saturated carbocycles. The van der Waals surface area contributed by atoms with Crippen LogP contribution in [0, 0.1) is 0 Å². The van der Waals surface area contributed by atoms with E-state index in [0.29, 0.717) is 17.4 Å². The van der Waals surface area contributed by atoms with Gasteiger partial charge in [-0.2, -0.15) is 18.3 Å². The van der Waals surface area contributed by atoms with E-state index in [-0.39, 0.29) is 0 Å². The average Bonchev–Trinajstić information content (AvgIpc) is 3.59. The lowest BCUT2D eigenvalue weighted by Crippen LogP contribution is -2.24. The molecule has 0 N–H and O–H groups in total. The smallest absolute Gasteiger partial charge is 0.318 e. The molecule has 38 heavy (non-hydrogen) atoms. The van der Waals surface area contributed by atoms with Crippen molar-refractivity contribution in [2.45, 2.75) is 25.9 Å². The highest BCUT2D eigenvalue weighted by molar-refractivity contribution is 8.14. The minimum absolute atomic E-state index is 0.413. The van der Waals surface area contributed by atoms with E-state index < -0.39 is 11.7 Å². The van der Waals surface area contributed by atoms with Crippen molar-refractivity contribution in [3.63, 3.8) is 0 Å². The normalized spacial score (nSPS) is 15.3. The van der Waals surface area contributed by atoms with Crippen molar-refractivity contribution in [3.05, 3.63) is 95.8 Å². The summed E-state index contributed by atoms with van der Waals surface area (Å²) < 4.78 is 39.9. The summed E-state index contributed by atoms with van der Waals surface area (Å²) in [4.78, 5) is 6.52. The van der Waals surface area contributed by atoms with Crippen LogP contribution in [0.2, 0.25) is 0 Å². The van der Waals surface area contributed by atoms with Gasteiger partial charge in [-0.15, -0.1) is 10.2 Å². The van der Waals surface area contributed by atoms with Crippen LogP contribution >= 0.6 is 11.8 Å². The molecule has 0 amide bonds. The topological polar surface area (TPSA) is 58.7 Å². The Bertz CT molecular complexity index is 1460. The molecule has 1 fully saturated rings. The molecular weight excluding hydrogens is 509 g/mol. The maximum absolute atomic E-state index is 12.8. The Morgan fingerprint density at radius 2 is 1.71 bits per heavy atom. The van der Waals surface area contributed by atoms with Crippen molar-refractivity contribution >= 4 is 28.8 Å². The number of para-hydroxylation sites is 1. The molecule has 194 valence electrons. The van der Waals surface area contributed by atoms with Crippen molar-refractivity contribution < 1.29 is 13.2 Å². The van der Waals surface area contributed by atoms with Gasteiger partial charge in [-0.25, -0.2) is 9.67 Å². The number of hydrogen-bond acceptors (Lipinski definition) is 5. The summed E-state index contributed by atoms with van der Waals surface area (Å²) in [7, 11) is 0. The van der Waals surface area contributed by atoms with Gasteiger partial charge in [0.05, 0.1) is 17.5 Å². The van der Waals surface area contributed by atoms with Gasteiger partial charge in [0.15, 0.2) is 11.0 Å². The summed E-state index contributed by atoms with van der Waals surface area (Å²) in [5, 5.41) is 14.1. The van der Waals surface area contributed by atoms with Gasteiger partial charge in [0.25, 0.3) is 0 Å². The van der Waals surface area contributed by atoms with Gasteiger partial charge in [-0.05, 0) is 47.4 Å². The second kappa shape index (κ2) is 10.8. The van der Waals surface area contributed by atoms with Gasteiger partial charge >= 0.3 is 6.18 Å². The number of alkyl halides is 3. The second-order valence-corrected chi connectivity index (χ2v) is 10.1. The molecule has 0 unspecified atom stereocenters. The largest absolute Gasteiger partial charge is 0.416 e. The van der Waals surface area contributed by atoms with E-state index in [0.717, 1.165) is 40.7 Å². The van der Waals surface area contributed by atoms with E-state index in [2.05, 4.69) is 57.2 Å². The summed E-state index contributed by atoms with van der Waals surface area (Å²) in [5.41, 5.74) is 3.91. The maximum Gasteiger partial charge on any atom is 0.416 e. The first-order valence-electron chi connectivity index (χ1n) is 12.1. The van der Waals surface area contributed by atoms with Crippen LogP contribution in [0.4, 0.5) is 18.9 Å². The van der Waals surface area contributed by atoms with Crippen LogP contribution < -0.4 is 4.90 Å². The highest BCUT2D eigenvalue weighted by Gasteiger charge is 2.30. The fourth-order valence-corrected chi connectivity index (χ4v) is 5.02. The number of anilines is 1. The van der Waals surface area contributed by atoms with Crippen LogP contribution in [0.1, 0.15) is 36.5 Å². The number of halogens is 3. The van der Waals surface area contributed by atoms with E-state index in [1.807, 2.05) is 30.3 Å². The zero-order valence-electron chi connectivity index (χ0n) is 20.8. The van der Waals surface area contributed by atoms with Crippen LogP contribution in [0.5, 0.6) is 0 Å². The zero-order chi connectivity index (χ0) is 26.7. The van der Waals surface area contributed by atoms with Gasteiger partial charge in [0.1, 0.15) is 6.33 Å². The number of benzene rings is 3. The van der Waals surface area contributed by atoms with Crippen molar-refractivity contribution in [2.75, 3.05) is 17.2 Å². The number of thioether (sulfide) groups is 1. The Balaban J connectivity index is 1.27. The van der Waals surface area contributed by atoms with Crippen LogP contribution in [-0.2, 0) is 6.18 Å². The van der Waals surface area contributed by atoms with Crippen molar-refractivity contribution in [1.29, 1.82) is 0 Å². The third-order valence-corrected chi connectivity index (χ3v) is 7.04. The van der Waals surface area contributed by atoms with Crippen molar-refractivity contribution in [1.82, 2.24) is 14.8 Å². The fourth-order valence-electron chi connectivity index (χ4n) is 4.12. The average molecular weight is 535 g/mol. The molecule has 0 radical (unpaired) electrons. The summed E-state index contributed by atoms with van der Waals surface area (Å²) in [6.07, 6.45) is -1.19. The Kier molecular flexibility index (Phi) is 7.33. The summed E-state index contributed by atoms with van der Waals surface area (Å²) in [6, 6.07) is 20.7. The van der Waals surface area contributed by atoms with E-state index in [9.17, 15) is 13.2 Å². The molecule has 1 saturated heterocycles. The van der Waals surface area contributed by atoms with E-state index in [1.165, 1.54) is 34.4 Å². The van der Waals surface area contributed by atoms with Gasteiger partial charge < -0.3 is 4.90 Å². The van der Waals surface area contributed by atoms with E-state index in [1.54, 1.807) is 18.0 Å². The number of rotatable bonds is 6. The number of hydrogen-bond donors (Lipinski definition) is 0. The first-order valence-corrected chi connectivity index (χ1v) is 13.1. The maximum atomic E-state index is 12.8. The molecule has 0 spiro atoms. The lowest BCUT2D eigenvalue weighted by atomic mass is 10.0. The van der Waals surface area contributed by atoms with E-state index >= 15 is 0 Å². The standard InChI is InChI=1S/C28H25F3N6S/c1-19(2)24-5-3-4-6-25(24)36-15-16-38-27(36)34-33-17-20-7-9-21(10-8-20)26-32-18-37(35-26)23-13-11-22(12-14-23)28(29,30)31/h3-14,17-19H,15-16H2,1-2H3. The fraction of sp³-hybridized carbons (Fsp3) is 0.214. The highest BCUT2D eigenvalue weighted by Crippen LogP contribution is 2.32. The van der Waals surface area contributed by atoms with Crippen LogP contribution in [0.25, 0.3) is 17.1 Å². The van der Waals surface area contributed by atoms with Crippen LogP contribution in [0.3, 0.4) is 0 Å². The van der Waals surface area contributed by atoms with Crippen molar-refractivity contribution in [2.24, 2.45) is 10.2 Å². The number of nitrogens with zero attached hydrogens (tertiary/aromatic N) is 6. The summed E-state index contributed by atoms with van der Waals surface area (Å²) >= 11 is 1.69. The Labute approximate surface area is 222 Å². The molecule has 2 heterocycles. The SMILES string of the molecule is CC(C)c1ccccc1N1CCSC1=NN=Cc1ccc(-c2ncn(-c3ccc(C(F)(F)F)cc3)n2)cc1. The number of amidine groups is 1. The molecule has 3 aromatic carbocycles. The summed E-state index contributed by atoms with van der Waals surface area (Å²) in [6.45, 7) is 5.27. The predicted octanol–water partition coefficient (Wildman–Crippen LogP) is 7.02. The lowest BCUT2D eigenvalue weighted by Gasteiger charge is -2.22. The molecule has 0 aliphatic carbocycles. The molecule has 1 aliphatic heterocycles. The summed E-state index contributed by atoms with van der Waals surface area (Å²) in [5.74, 6) is 1.84. The second-order valence-electron chi connectivity index (χ2n) is 9.02. The molecule has 1 aromatic heterocycles. The molecule has 5 rings (SSSR count). The quantitative estimate of drug-likeness (QED) is 0.197. The van der Waals surface area contributed by atoms with Gasteiger partial charge in [0.2, 0.25) is 0 Å². The first-order chi connectivity index (χ1) is 18.3.